The van der Waals surface area contributed by atoms with Crippen LogP contribution in [-0.4, -0.2) is 16.8 Å². The molecule has 1 aliphatic carbocycles. The highest BCUT2D eigenvalue weighted by Crippen LogP contribution is 2.37. The maximum Gasteiger partial charge on any atom is 0.256 e. The van der Waals surface area contributed by atoms with Crippen LogP contribution in [0.25, 0.3) is 0 Å². The average Bonchev–Trinajstić information content (AvgIpc) is 2.69. The maximum atomic E-state index is 12.3. The number of carbonyl (C=O) groups is 2. The molecule has 0 saturated heterocycles. The second-order valence-electron chi connectivity index (χ2n) is 5.32. The Bertz CT molecular complexity index is 710. The number of hydrogen-bond acceptors (Lipinski definition) is 4. The molecular formula is C16H17N3O2S. The second kappa shape index (κ2) is 6.27. The monoisotopic (exact) mass is 315 g/mol. The van der Waals surface area contributed by atoms with Crippen molar-refractivity contribution >= 4 is 28.2 Å². The van der Waals surface area contributed by atoms with Crippen LogP contribution in [0, 0.1) is 0 Å². The number of fused-ring (bicyclic) bond motifs is 1. The molecule has 0 spiro atoms. The number of amides is 2. The van der Waals surface area contributed by atoms with E-state index in [2.05, 4.69) is 10.3 Å². The van der Waals surface area contributed by atoms with E-state index in [1.165, 1.54) is 16.2 Å². The van der Waals surface area contributed by atoms with Gasteiger partial charge in [-0.05, 0) is 43.4 Å². The zero-order valence-corrected chi connectivity index (χ0v) is 12.9. The Labute approximate surface area is 132 Å². The number of anilines is 1. The van der Waals surface area contributed by atoms with Crippen LogP contribution >= 0.6 is 11.3 Å². The van der Waals surface area contributed by atoms with Gasteiger partial charge >= 0.3 is 0 Å². The van der Waals surface area contributed by atoms with E-state index in [1.807, 2.05) is 0 Å². The lowest BCUT2D eigenvalue weighted by atomic mass is 10.1. The topological polar surface area (TPSA) is 85.1 Å². The molecule has 0 atom stereocenters. The average molecular weight is 315 g/mol. The molecule has 0 aromatic carbocycles. The second-order valence-corrected chi connectivity index (χ2v) is 6.43. The van der Waals surface area contributed by atoms with Crippen molar-refractivity contribution in [3.05, 3.63) is 46.1 Å². The Hall–Kier alpha value is -2.21. The summed E-state index contributed by atoms with van der Waals surface area (Å²) in [4.78, 5) is 29.2. The molecule has 1 aliphatic rings. The van der Waals surface area contributed by atoms with Crippen LogP contribution in [-0.2, 0) is 12.8 Å². The zero-order valence-electron chi connectivity index (χ0n) is 12.1. The minimum atomic E-state index is -0.468. The first-order valence-corrected chi connectivity index (χ1v) is 8.14. The molecule has 2 aromatic heterocycles. The number of thiophene rings is 1. The standard InChI is InChI=1S/C16H17N3O2S/c17-14(20)13-11-4-2-1-3-5-12(11)22-16(13)19-15(21)10-6-8-18-9-7-10/h6-9H,1-5H2,(H2,17,20)(H,19,21). The van der Waals surface area contributed by atoms with Gasteiger partial charge in [0.2, 0.25) is 0 Å². The third kappa shape index (κ3) is 2.87. The highest BCUT2D eigenvalue weighted by atomic mass is 32.1. The first-order valence-electron chi connectivity index (χ1n) is 7.32. The molecule has 0 fully saturated rings. The van der Waals surface area contributed by atoms with Gasteiger partial charge in [-0.25, -0.2) is 0 Å². The third-order valence-electron chi connectivity index (χ3n) is 3.84. The fraction of sp³-hybridized carbons (Fsp3) is 0.312. The molecular weight excluding hydrogens is 298 g/mol. The number of rotatable bonds is 3. The summed E-state index contributed by atoms with van der Waals surface area (Å²) in [7, 11) is 0. The summed E-state index contributed by atoms with van der Waals surface area (Å²) >= 11 is 1.48. The molecule has 2 amide bonds. The van der Waals surface area contributed by atoms with Gasteiger partial charge in [-0.2, -0.15) is 0 Å². The summed E-state index contributed by atoms with van der Waals surface area (Å²) in [5.41, 5.74) is 7.58. The Morgan fingerprint density at radius 3 is 2.59 bits per heavy atom. The number of nitrogens with zero attached hydrogens (tertiary/aromatic N) is 1. The number of primary amides is 1. The molecule has 5 nitrogen and oxygen atoms in total. The van der Waals surface area contributed by atoms with Crippen molar-refractivity contribution < 1.29 is 9.59 Å². The molecule has 3 N–H and O–H groups in total. The van der Waals surface area contributed by atoms with Crippen LogP contribution in [0.5, 0.6) is 0 Å². The minimum absolute atomic E-state index is 0.249. The summed E-state index contributed by atoms with van der Waals surface area (Å²) in [6.45, 7) is 0. The van der Waals surface area contributed by atoms with Gasteiger partial charge in [0.25, 0.3) is 11.8 Å². The number of aryl methyl sites for hydroxylation is 1. The van der Waals surface area contributed by atoms with Crippen molar-refractivity contribution in [2.75, 3.05) is 5.32 Å². The predicted molar refractivity (Wildman–Crippen MR) is 86.3 cm³/mol. The van der Waals surface area contributed by atoms with E-state index in [1.54, 1.807) is 24.5 Å². The van der Waals surface area contributed by atoms with E-state index in [4.69, 9.17) is 5.73 Å². The zero-order chi connectivity index (χ0) is 15.5. The lowest BCUT2D eigenvalue weighted by Crippen LogP contribution is -2.18. The van der Waals surface area contributed by atoms with E-state index in [0.29, 0.717) is 16.1 Å². The maximum absolute atomic E-state index is 12.3. The van der Waals surface area contributed by atoms with Gasteiger partial charge in [0.15, 0.2) is 0 Å². The third-order valence-corrected chi connectivity index (χ3v) is 5.04. The van der Waals surface area contributed by atoms with Crippen LogP contribution in [0.2, 0.25) is 0 Å². The number of pyridine rings is 1. The molecule has 0 radical (unpaired) electrons. The molecule has 0 saturated carbocycles. The van der Waals surface area contributed by atoms with Gasteiger partial charge in [0.1, 0.15) is 5.00 Å². The SMILES string of the molecule is NC(=O)c1c(NC(=O)c2ccncc2)sc2c1CCCCC2. The van der Waals surface area contributed by atoms with Crippen LogP contribution in [0.4, 0.5) is 5.00 Å². The number of aromatic nitrogens is 1. The minimum Gasteiger partial charge on any atom is -0.365 e. The normalized spacial score (nSPS) is 14.0. The predicted octanol–water partition coefficient (Wildman–Crippen LogP) is 2.76. The van der Waals surface area contributed by atoms with E-state index in [0.717, 1.165) is 37.7 Å². The summed E-state index contributed by atoms with van der Waals surface area (Å²) in [5, 5.41) is 3.41. The molecule has 114 valence electrons. The lowest BCUT2D eigenvalue weighted by molar-refractivity contribution is 0.100. The van der Waals surface area contributed by atoms with E-state index in [-0.39, 0.29) is 5.91 Å². The van der Waals surface area contributed by atoms with Gasteiger partial charge < -0.3 is 11.1 Å². The molecule has 0 bridgehead atoms. The van der Waals surface area contributed by atoms with Gasteiger partial charge in [-0.3, -0.25) is 14.6 Å². The van der Waals surface area contributed by atoms with Gasteiger partial charge in [-0.15, -0.1) is 11.3 Å². The Morgan fingerprint density at radius 1 is 1.14 bits per heavy atom. The van der Waals surface area contributed by atoms with Crippen molar-refractivity contribution in [3.8, 4) is 0 Å². The molecule has 6 heteroatoms. The van der Waals surface area contributed by atoms with E-state index in [9.17, 15) is 9.59 Å². The largest absolute Gasteiger partial charge is 0.365 e. The first-order chi connectivity index (χ1) is 10.7. The fourth-order valence-electron chi connectivity index (χ4n) is 2.77. The fourth-order valence-corrected chi connectivity index (χ4v) is 4.06. The molecule has 3 rings (SSSR count). The van der Waals surface area contributed by atoms with Crippen LogP contribution in [0.15, 0.2) is 24.5 Å². The summed E-state index contributed by atoms with van der Waals surface area (Å²) in [6.07, 6.45) is 8.27. The summed E-state index contributed by atoms with van der Waals surface area (Å²) in [5.74, 6) is -0.717. The van der Waals surface area contributed by atoms with Crippen LogP contribution in [0.3, 0.4) is 0 Å². The quantitative estimate of drug-likeness (QED) is 0.854. The van der Waals surface area contributed by atoms with Crippen LogP contribution in [0.1, 0.15) is 50.4 Å². The van der Waals surface area contributed by atoms with Crippen molar-refractivity contribution in [1.82, 2.24) is 4.98 Å². The van der Waals surface area contributed by atoms with Gasteiger partial charge in [0, 0.05) is 22.8 Å². The number of hydrogen-bond donors (Lipinski definition) is 2. The Kier molecular flexibility index (Phi) is 4.20. The first kappa shape index (κ1) is 14.7. The number of carbonyl (C=O) groups excluding carboxylic acids is 2. The summed E-state index contributed by atoms with van der Waals surface area (Å²) < 4.78 is 0. The molecule has 2 heterocycles. The van der Waals surface area contributed by atoms with E-state index < -0.39 is 5.91 Å². The Morgan fingerprint density at radius 2 is 1.86 bits per heavy atom. The smallest absolute Gasteiger partial charge is 0.256 e. The van der Waals surface area contributed by atoms with Crippen LogP contribution < -0.4 is 11.1 Å². The molecule has 2 aromatic rings. The highest BCUT2D eigenvalue weighted by molar-refractivity contribution is 7.17. The number of nitrogens with one attached hydrogen (secondary N) is 1. The van der Waals surface area contributed by atoms with Crippen molar-refractivity contribution in [2.45, 2.75) is 32.1 Å². The Balaban J connectivity index is 1.94. The van der Waals surface area contributed by atoms with Crippen molar-refractivity contribution in [1.29, 1.82) is 0 Å². The molecule has 0 unspecified atom stereocenters. The number of nitrogens with two attached hydrogens (primary N) is 1. The molecule has 0 aliphatic heterocycles. The lowest BCUT2D eigenvalue weighted by Gasteiger charge is -2.06. The molecule has 22 heavy (non-hydrogen) atoms. The van der Waals surface area contributed by atoms with Gasteiger partial charge in [0.05, 0.1) is 5.56 Å². The highest BCUT2D eigenvalue weighted by Gasteiger charge is 2.24. The van der Waals surface area contributed by atoms with Crippen molar-refractivity contribution in [3.63, 3.8) is 0 Å². The summed E-state index contributed by atoms with van der Waals surface area (Å²) in [6, 6.07) is 3.27. The van der Waals surface area contributed by atoms with Gasteiger partial charge in [-0.1, -0.05) is 6.42 Å². The van der Waals surface area contributed by atoms with Crippen molar-refractivity contribution in [2.24, 2.45) is 5.73 Å². The van der Waals surface area contributed by atoms with E-state index >= 15 is 0 Å².